The number of hydrogen-bond acceptors (Lipinski definition) is 7. The van der Waals surface area contributed by atoms with Crippen molar-refractivity contribution in [3.8, 4) is 0 Å². The van der Waals surface area contributed by atoms with E-state index in [4.69, 9.17) is 16.0 Å². The third kappa shape index (κ3) is 6.42. The fraction of sp³-hybridized carbons (Fsp3) is 0.346. The van der Waals surface area contributed by atoms with E-state index in [0.717, 1.165) is 16.9 Å². The summed E-state index contributed by atoms with van der Waals surface area (Å²) < 4.78 is 5.44. The molecule has 2 atom stereocenters. The first kappa shape index (κ1) is 25.7. The number of halogens is 1. The van der Waals surface area contributed by atoms with Crippen molar-refractivity contribution in [3.05, 3.63) is 83.0 Å². The summed E-state index contributed by atoms with van der Waals surface area (Å²) in [4.78, 5) is 32.9. The monoisotopic (exact) mass is 512 g/mol. The van der Waals surface area contributed by atoms with E-state index in [2.05, 4.69) is 15.2 Å². The summed E-state index contributed by atoms with van der Waals surface area (Å²) in [6, 6.07) is 17.3. The van der Waals surface area contributed by atoms with Crippen LogP contribution in [0.15, 0.2) is 65.3 Å². The molecule has 9 nitrogen and oxygen atoms in total. The Morgan fingerprint density at radius 1 is 1.00 bits per heavy atom. The number of para-hydroxylation sites is 1. The number of rotatable bonds is 9. The minimum Gasteiger partial charge on any atom is -0.449 e. The standard InChI is InChI=1S/C26H29ClN4O5/c27-20-8-4-5-9-21(20)30-12-14-31(15-13-30)26(35)24(33)23(32)25(34)28-11-10-22-29-19(17-36-22)16-18-6-2-1-3-7-18/h1-9,17,23-24,32-33H,10-16H2,(H,28,34)/t23-,24-/m1/s1. The van der Waals surface area contributed by atoms with E-state index in [1.54, 1.807) is 12.3 Å². The van der Waals surface area contributed by atoms with Gasteiger partial charge in [-0.05, 0) is 17.7 Å². The highest BCUT2D eigenvalue weighted by Crippen LogP contribution is 2.26. The highest BCUT2D eigenvalue weighted by atomic mass is 35.5. The number of nitrogens with one attached hydrogen (secondary N) is 1. The van der Waals surface area contributed by atoms with E-state index < -0.39 is 24.0 Å². The zero-order valence-electron chi connectivity index (χ0n) is 19.7. The van der Waals surface area contributed by atoms with Gasteiger partial charge in [-0.2, -0.15) is 0 Å². The third-order valence-corrected chi connectivity index (χ3v) is 6.39. The fourth-order valence-electron chi connectivity index (χ4n) is 4.09. The molecule has 4 rings (SSSR count). The number of benzene rings is 2. The van der Waals surface area contributed by atoms with Gasteiger partial charge in [-0.1, -0.05) is 54.1 Å². The summed E-state index contributed by atoms with van der Waals surface area (Å²) in [6.07, 6.45) is -1.21. The maximum absolute atomic E-state index is 12.7. The molecule has 190 valence electrons. The normalized spacial score (nSPS) is 15.4. The van der Waals surface area contributed by atoms with Crippen molar-refractivity contribution in [2.75, 3.05) is 37.6 Å². The van der Waals surface area contributed by atoms with Crippen molar-refractivity contribution in [1.29, 1.82) is 0 Å². The molecule has 1 aromatic heterocycles. The van der Waals surface area contributed by atoms with Crippen LogP contribution in [0.2, 0.25) is 5.02 Å². The number of amides is 2. The van der Waals surface area contributed by atoms with Gasteiger partial charge in [0.2, 0.25) is 0 Å². The van der Waals surface area contributed by atoms with Gasteiger partial charge in [0.15, 0.2) is 18.1 Å². The van der Waals surface area contributed by atoms with E-state index in [0.29, 0.717) is 49.9 Å². The molecule has 0 radical (unpaired) electrons. The second-order valence-electron chi connectivity index (χ2n) is 8.59. The zero-order valence-corrected chi connectivity index (χ0v) is 20.5. The molecule has 2 heterocycles. The molecule has 0 saturated carbocycles. The molecule has 3 N–H and O–H groups in total. The van der Waals surface area contributed by atoms with Crippen LogP contribution in [0.3, 0.4) is 0 Å². The number of oxazole rings is 1. The lowest BCUT2D eigenvalue weighted by atomic mass is 10.1. The predicted molar refractivity (Wildman–Crippen MR) is 135 cm³/mol. The molecule has 2 amide bonds. The molecule has 1 aliphatic heterocycles. The summed E-state index contributed by atoms with van der Waals surface area (Å²) in [5.74, 6) is -1.07. The first-order valence-electron chi connectivity index (χ1n) is 11.8. The number of aliphatic hydroxyl groups is 2. The van der Waals surface area contributed by atoms with Crippen molar-refractivity contribution in [3.63, 3.8) is 0 Å². The van der Waals surface area contributed by atoms with Crippen LogP contribution in [-0.4, -0.2) is 76.8 Å². The molecule has 1 aliphatic rings. The molecule has 36 heavy (non-hydrogen) atoms. The van der Waals surface area contributed by atoms with Crippen molar-refractivity contribution in [2.45, 2.75) is 25.0 Å². The van der Waals surface area contributed by atoms with Crippen molar-refractivity contribution in [1.82, 2.24) is 15.2 Å². The van der Waals surface area contributed by atoms with Crippen molar-refractivity contribution in [2.24, 2.45) is 0 Å². The van der Waals surface area contributed by atoms with E-state index >= 15 is 0 Å². The van der Waals surface area contributed by atoms with Crippen LogP contribution in [0.5, 0.6) is 0 Å². The number of hydrogen-bond donors (Lipinski definition) is 3. The van der Waals surface area contributed by atoms with Crippen LogP contribution in [0.4, 0.5) is 5.69 Å². The molecule has 1 fully saturated rings. The predicted octanol–water partition coefficient (Wildman–Crippen LogP) is 1.65. The van der Waals surface area contributed by atoms with Gasteiger partial charge in [0.25, 0.3) is 11.8 Å². The molecule has 3 aromatic rings. The fourth-order valence-corrected chi connectivity index (χ4v) is 4.34. The second-order valence-corrected chi connectivity index (χ2v) is 9.00. The topological polar surface area (TPSA) is 119 Å². The molecule has 10 heteroatoms. The van der Waals surface area contributed by atoms with E-state index in [-0.39, 0.29) is 6.54 Å². The lowest BCUT2D eigenvalue weighted by molar-refractivity contribution is -0.153. The number of carbonyl (C=O) groups excluding carboxylic acids is 2. The second kappa shape index (κ2) is 12.0. The highest BCUT2D eigenvalue weighted by molar-refractivity contribution is 6.33. The SMILES string of the molecule is O=C(NCCc1nc(Cc2ccccc2)co1)[C@H](O)[C@@H](O)C(=O)N1CCN(c2ccccc2Cl)CC1. The van der Waals surface area contributed by atoms with Crippen molar-refractivity contribution < 1.29 is 24.2 Å². The van der Waals surface area contributed by atoms with Gasteiger partial charge in [0.1, 0.15) is 6.26 Å². The van der Waals surface area contributed by atoms with E-state index in [1.165, 1.54) is 4.90 Å². The maximum Gasteiger partial charge on any atom is 0.254 e. The number of aromatic nitrogens is 1. The van der Waals surface area contributed by atoms with Crippen LogP contribution in [-0.2, 0) is 22.4 Å². The third-order valence-electron chi connectivity index (χ3n) is 6.07. The molecule has 2 aromatic carbocycles. The number of anilines is 1. The van der Waals surface area contributed by atoms with Crippen LogP contribution in [0.25, 0.3) is 0 Å². The molecule has 0 spiro atoms. The lowest BCUT2D eigenvalue weighted by Crippen LogP contribution is -2.55. The van der Waals surface area contributed by atoms with Crippen molar-refractivity contribution >= 4 is 29.1 Å². The Morgan fingerprint density at radius 2 is 1.69 bits per heavy atom. The van der Waals surface area contributed by atoms with Crippen LogP contribution < -0.4 is 10.2 Å². The summed E-state index contributed by atoms with van der Waals surface area (Å²) >= 11 is 6.25. The Kier molecular flexibility index (Phi) is 8.58. The average molecular weight is 513 g/mol. The zero-order chi connectivity index (χ0) is 25.5. The average Bonchev–Trinajstić information content (AvgIpc) is 3.35. The molecule has 0 unspecified atom stereocenters. The Morgan fingerprint density at radius 3 is 2.42 bits per heavy atom. The lowest BCUT2D eigenvalue weighted by Gasteiger charge is -2.37. The summed E-state index contributed by atoms with van der Waals surface area (Å²) in [7, 11) is 0. The van der Waals surface area contributed by atoms with Gasteiger partial charge in [-0.25, -0.2) is 4.98 Å². The van der Waals surface area contributed by atoms with Gasteiger partial charge in [0, 0.05) is 45.6 Å². The Hall–Kier alpha value is -3.40. The van der Waals surface area contributed by atoms with Crippen LogP contribution in [0, 0.1) is 0 Å². The molecule has 0 bridgehead atoms. The van der Waals surface area contributed by atoms with Crippen LogP contribution >= 0.6 is 11.6 Å². The molecular weight excluding hydrogens is 484 g/mol. The first-order chi connectivity index (χ1) is 17.4. The minimum atomic E-state index is -1.88. The Bertz CT molecular complexity index is 1160. The largest absolute Gasteiger partial charge is 0.449 e. The molecule has 1 saturated heterocycles. The van der Waals surface area contributed by atoms with Gasteiger partial charge >= 0.3 is 0 Å². The molecule has 0 aliphatic carbocycles. The van der Waals surface area contributed by atoms with Gasteiger partial charge < -0.3 is 29.7 Å². The minimum absolute atomic E-state index is 0.138. The Labute approximate surface area is 214 Å². The van der Waals surface area contributed by atoms with Gasteiger partial charge in [-0.15, -0.1) is 0 Å². The maximum atomic E-state index is 12.7. The number of carbonyl (C=O) groups is 2. The summed E-state index contributed by atoms with van der Waals surface area (Å²) in [5.41, 5.74) is 2.76. The van der Waals surface area contributed by atoms with E-state index in [1.807, 2.05) is 48.5 Å². The first-order valence-corrected chi connectivity index (χ1v) is 12.2. The number of piperazine rings is 1. The quantitative estimate of drug-likeness (QED) is 0.399. The van der Waals surface area contributed by atoms with E-state index in [9.17, 15) is 19.8 Å². The van der Waals surface area contributed by atoms with Crippen LogP contribution in [0.1, 0.15) is 17.1 Å². The highest BCUT2D eigenvalue weighted by Gasteiger charge is 2.34. The van der Waals surface area contributed by atoms with Gasteiger partial charge in [0.05, 0.1) is 16.4 Å². The Balaban J connectivity index is 1.20. The number of nitrogens with zero attached hydrogens (tertiary/aromatic N) is 3. The van der Waals surface area contributed by atoms with Gasteiger partial charge in [-0.3, -0.25) is 9.59 Å². The number of aliphatic hydroxyl groups excluding tert-OH is 2. The summed E-state index contributed by atoms with van der Waals surface area (Å²) in [5, 5.41) is 23.7. The molecular formula is C26H29ClN4O5. The summed E-state index contributed by atoms with van der Waals surface area (Å²) in [6.45, 7) is 1.86. The smallest absolute Gasteiger partial charge is 0.254 e.